The second kappa shape index (κ2) is 4.44. The van der Waals surface area contributed by atoms with Gasteiger partial charge in [-0.1, -0.05) is 19.9 Å². The third kappa shape index (κ3) is 2.34. The van der Waals surface area contributed by atoms with Crippen molar-refractivity contribution >= 4 is 0 Å². The van der Waals surface area contributed by atoms with Crippen LogP contribution in [0.3, 0.4) is 0 Å². The number of hydrogen-bond acceptors (Lipinski definition) is 2. The molecule has 0 unspecified atom stereocenters. The molecule has 0 N–H and O–H groups in total. The molecule has 1 aromatic carbocycles. The highest BCUT2D eigenvalue weighted by atomic mass is 14.3. The standard InChI is InChI=1S/C12H12N2/c1-9(2)5-10-3-4-11(7-13)12(6-10)8-14/h3-4,6,9H,5H2,1-2H3. The van der Waals surface area contributed by atoms with E-state index in [1.165, 1.54) is 0 Å². The normalized spacial score (nSPS) is 9.50. The Labute approximate surface area is 84.4 Å². The van der Waals surface area contributed by atoms with Crippen LogP contribution in [0.2, 0.25) is 0 Å². The van der Waals surface area contributed by atoms with Gasteiger partial charge in [0.15, 0.2) is 0 Å². The summed E-state index contributed by atoms with van der Waals surface area (Å²) in [5, 5.41) is 17.5. The number of nitrogens with zero attached hydrogens (tertiary/aromatic N) is 2. The molecule has 0 fully saturated rings. The molecule has 0 atom stereocenters. The smallest absolute Gasteiger partial charge is 0.101 e. The first-order chi connectivity index (χ1) is 6.67. The minimum absolute atomic E-state index is 0.458. The Morgan fingerprint density at radius 3 is 2.29 bits per heavy atom. The maximum atomic E-state index is 8.81. The number of benzene rings is 1. The van der Waals surface area contributed by atoms with E-state index >= 15 is 0 Å². The second-order valence-corrected chi connectivity index (χ2v) is 3.70. The van der Waals surface area contributed by atoms with Crippen molar-refractivity contribution in [1.82, 2.24) is 0 Å². The summed E-state index contributed by atoms with van der Waals surface area (Å²) in [6.07, 6.45) is 0.945. The van der Waals surface area contributed by atoms with Gasteiger partial charge in [-0.25, -0.2) is 0 Å². The zero-order valence-corrected chi connectivity index (χ0v) is 8.41. The zero-order valence-electron chi connectivity index (χ0n) is 8.41. The molecule has 0 heterocycles. The van der Waals surface area contributed by atoms with Gasteiger partial charge in [0.05, 0.1) is 11.1 Å². The van der Waals surface area contributed by atoms with E-state index in [-0.39, 0.29) is 0 Å². The van der Waals surface area contributed by atoms with Crippen molar-refractivity contribution in [3.8, 4) is 12.1 Å². The van der Waals surface area contributed by atoms with Gasteiger partial charge in [0.25, 0.3) is 0 Å². The van der Waals surface area contributed by atoms with E-state index in [0.29, 0.717) is 17.0 Å². The molecule has 0 saturated carbocycles. The minimum Gasteiger partial charge on any atom is -0.192 e. The third-order valence-electron chi connectivity index (χ3n) is 1.97. The van der Waals surface area contributed by atoms with Crippen LogP contribution in [0, 0.1) is 28.6 Å². The molecule has 0 aliphatic rings. The van der Waals surface area contributed by atoms with Crippen molar-refractivity contribution in [2.24, 2.45) is 5.92 Å². The molecule has 0 aliphatic carbocycles. The van der Waals surface area contributed by atoms with Crippen molar-refractivity contribution in [3.63, 3.8) is 0 Å². The Hall–Kier alpha value is -1.80. The molecule has 1 aromatic rings. The van der Waals surface area contributed by atoms with Crippen molar-refractivity contribution in [2.75, 3.05) is 0 Å². The van der Waals surface area contributed by atoms with Gasteiger partial charge in [-0.15, -0.1) is 0 Å². The molecule has 0 saturated heterocycles. The van der Waals surface area contributed by atoms with Gasteiger partial charge in [0.1, 0.15) is 12.1 Å². The predicted molar refractivity (Wildman–Crippen MR) is 54.4 cm³/mol. The molecule has 0 bridgehead atoms. The first kappa shape index (κ1) is 10.3. The largest absolute Gasteiger partial charge is 0.192 e. The van der Waals surface area contributed by atoms with Gasteiger partial charge >= 0.3 is 0 Å². The Kier molecular flexibility index (Phi) is 3.26. The fraction of sp³-hybridized carbons (Fsp3) is 0.333. The van der Waals surface area contributed by atoms with Crippen molar-refractivity contribution < 1.29 is 0 Å². The van der Waals surface area contributed by atoms with Crippen LogP contribution < -0.4 is 0 Å². The highest BCUT2D eigenvalue weighted by Gasteiger charge is 2.03. The van der Waals surface area contributed by atoms with E-state index in [4.69, 9.17) is 10.5 Å². The molecule has 0 radical (unpaired) electrons. The third-order valence-corrected chi connectivity index (χ3v) is 1.97. The lowest BCUT2D eigenvalue weighted by molar-refractivity contribution is 0.647. The van der Waals surface area contributed by atoms with Gasteiger partial charge in [-0.2, -0.15) is 10.5 Å². The maximum Gasteiger partial charge on any atom is 0.101 e. The summed E-state index contributed by atoms with van der Waals surface area (Å²) >= 11 is 0. The minimum atomic E-state index is 0.458. The van der Waals surface area contributed by atoms with Crippen molar-refractivity contribution in [1.29, 1.82) is 10.5 Å². The monoisotopic (exact) mass is 184 g/mol. The summed E-state index contributed by atoms with van der Waals surface area (Å²) in [6, 6.07) is 9.48. The van der Waals surface area contributed by atoms with Gasteiger partial charge in [-0.3, -0.25) is 0 Å². The average Bonchev–Trinajstić information content (AvgIpc) is 2.16. The van der Waals surface area contributed by atoms with E-state index in [2.05, 4.69) is 13.8 Å². The van der Waals surface area contributed by atoms with Gasteiger partial charge in [0.2, 0.25) is 0 Å². The number of rotatable bonds is 2. The fourth-order valence-electron chi connectivity index (χ4n) is 1.38. The molecule has 2 nitrogen and oxygen atoms in total. The van der Waals surface area contributed by atoms with Gasteiger partial charge in [0, 0.05) is 0 Å². The summed E-state index contributed by atoms with van der Waals surface area (Å²) in [4.78, 5) is 0. The first-order valence-electron chi connectivity index (χ1n) is 4.60. The Morgan fingerprint density at radius 2 is 1.79 bits per heavy atom. The Balaban J connectivity index is 3.05. The van der Waals surface area contributed by atoms with Gasteiger partial charge in [-0.05, 0) is 30.0 Å². The lowest BCUT2D eigenvalue weighted by Gasteiger charge is -2.05. The molecule has 0 aromatic heterocycles. The van der Waals surface area contributed by atoms with Crippen LogP contribution in [0.15, 0.2) is 18.2 Å². The van der Waals surface area contributed by atoms with Crippen LogP contribution in [-0.4, -0.2) is 0 Å². The SMILES string of the molecule is CC(C)Cc1ccc(C#N)c(C#N)c1. The van der Waals surface area contributed by atoms with E-state index in [9.17, 15) is 0 Å². The van der Waals surface area contributed by atoms with Crippen LogP contribution in [-0.2, 0) is 6.42 Å². The average molecular weight is 184 g/mol. The summed E-state index contributed by atoms with van der Waals surface area (Å²) in [6.45, 7) is 4.26. The van der Waals surface area contributed by atoms with E-state index in [1.807, 2.05) is 18.2 Å². The highest BCUT2D eigenvalue weighted by molar-refractivity contribution is 5.47. The topological polar surface area (TPSA) is 47.6 Å². The molecule has 1 rings (SSSR count). The fourth-order valence-corrected chi connectivity index (χ4v) is 1.38. The van der Waals surface area contributed by atoms with Crippen LogP contribution >= 0.6 is 0 Å². The highest BCUT2D eigenvalue weighted by Crippen LogP contribution is 2.13. The molecular weight excluding hydrogens is 172 g/mol. The Bertz CT molecular complexity index is 405. The van der Waals surface area contributed by atoms with Crippen LogP contribution in [0.4, 0.5) is 0 Å². The number of nitriles is 2. The lowest BCUT2D eigenvalue weighted by atomic mass is 9.99. The van der Waals surface area contributed by atoms with Crippen molar-refractivity contribution in [3.05, 3.63) is 34.9 Å². The Morgan fingerprint density at radius 1 is 1.14 bits per heavy atom. The maximum absolute atomic E-state index is 8.81. The summed E-state index contributed by atoms with van der Waals surface area (Å²) in [5.41, 5.74) is 2.06. The lowest BCUT2D eigenvalue weighted by Crippen LogP contribution is -1.95. The molecule has 0 spiro atoms. The second-order valence-electron chi connectivity index (χ2n) is 3.70. The molecule has 0 aliphatic heterocycles. The predicted octanol–water partition coefficient (Wildman–Crippen LogP) is 2.63. The van der Waals surface area contributed by atoms with E-state index < -0.39 is 0 Å². The summed E-state index contributed by atoms with van der Waals surface area (Å²) in [7, 11) is 0. The van der Waals surface area contributed by atoms with E-state index in [1.54, 1.807) is 12.1 Å². The molecule has 2 heteroatoms. The molecular formula is C12H12N2. The summed E-state index contributed by atoms with van der Waals surface area (Å²) < 4.78 is 0. The van der Waals surface area contributed by atoms with Gasteiger partial charge < -0.3 is 0 Å². The van der Waals surface area contributed by atoms with Crippen LogP contribution in [0.1, 0.15) is 30.5 Å². The molecule has 0 amide bonds. The molecule has 70 valence electrons. The van der Waals surface area contributed by atoms with Crippen molar-refractivity contribution in [2.45, 2.75) is 20.3 Å². The quantitative estimate of drug-likeness (QED) is 0.709. The van der Waals surface area contributed by atoms with E-state index in [0.717, 1.165) is 12.0 Å². The summed E-state index contributed by atoms with van der Waals surface area (Å²) in [5.74, 6) is 0.564. The number of hydrogen-bond donors (Lipinski definition) is 0. The van der Waals surface area contributed by atoms with Crippen LogP contribution in [0.5, 0.6) is 0 Å². The van der Waals surface area contributed by atoms with Crippen LogP contribution in [0.25, 0.3) is 0 Å². The zero-order chi connectivity index (χ0) is 10.6. The first-order valence-corrected chi connectivity index (χ1v) is 4.60. The molecule has 14 heavy (non-hydrogen) atoms.